The van der Waals surface area contributed by atoms with Crippen LogP contribution in [0, 0.1) is 13.8 Å². The summed E-state index contributed by atoms with van der Waals surface area (Å²) < 4.78 is 7.70. The van der Waals surface area contributed by atoms with E-state index < -0.39 is 0 Å². The van der Waals surface area contributed by atoms with Gasteiger partial charge in [-0.1, -0.05) is 6.42 Å². The molecule has 0 bridgehead atoms. The minimum Gasteiger partial charge on any atom is -0.378 e. The van der Waals surface area contributed by atoms with Crippen molar-refractivity contribution in [3.63, 3.8) is 0 Å². The Morgan fingerprint density at radius 1 is 1.09 bits per heavy atom. The van der Waals surface area contributed by atoms with E-state index in [9.17, 15) is 0 Å². The normalized spacial score (nSPS) is 26.0. The van der Waals surface area contributed by atoms with Crippen LogP contribution in [0.15, 0.2) is 12.1 Å². The van der Waals surface area contributed by atoms with E-state index in [2.05, 4.69) is 26.4 Å². The third-order valence-electron chi connectivity index (χ3n) is 4.92. The van der Waals surface area contributed by atoms with Crippen molar-refractivity contribution in [1.82, 2.24) is 19.5 Å². The molecule has 0 radical (unpaired) electrons. The molecule has 0 amide bonds. The topological polar surface area (TPSA) is 54.7 Å². The van der Waals surface area contributed by atoms with E-state index in [1.165, 1.54) is 32.4 Å². The van der Waals surface area contributed by atoms with Crippen molar-refractivity contribution in [1.29, 1.82) is 0 Å². The van der Waals surface area contributed by atoms with Crippen molar-refractivity contribution < 1.29 is 4.74 Å². The van der Waals surface area contributed by atoms with Gasteiger partial charge in [0.05, 0.1) is 31.0 Å². The summed E-state index contributed by atoms with van der Waals surface area (Å²) in [6, 6.07) is 4.86. The predicted octanol–water partition coefficient (Wildman–Crippen LogP) is 2.01. The number of rotatable bonds is 3. The summed E-state index contributed by atoms with van der Waals surface area (Å²) in [4.78, 5) is 7.15. The lowest BCUT2D eigenvalue weighted by molar-refractivity contribution is 0.127. The van der Waals surface area contributed by atoms with Crippen LogP contribution in [0.25, 0.3) is 5.65 Å². The molecular weight excluding hydrogens is 290 g/mol. The van der Waals surface area contributed by atoms with E-state index in [4.69, 9.17) is 4.74 Å². The van der Waals surface area contributed by atoms with Crippen molar-refractivity contribution in [2.45, 2.75) is 45.2 Å². The number of ether oxygens (including phenoxy) is 1. The molecule has 2 aromatic rings. The highest BCUT2D eigenvalue weighted by molar-refractivity contribution is 5.51. The fourth-order valence-electron chi connectivity index (χ4n) is 3.80. The van der Waals surface area contributed by atoms with E-state index in [0.717, 1.165) is 36.1 Å². The second kappa shape index (κ2) is 6.09. The molecule has 2 aromatic heterocycles. The Kier molecular flexibility index (Phi) is 3.95. The number of hydrogen-bond donors (Lipinski definition) is 1. The first-order valence-electron chi connectivity index (χ1n) is 8.63. The van der Waals surface area contributed by atoms with Crippen LogP contribution in [0.3, 0.4) is 0 Å². The highest BCUT2D eigenvalue weighted by Gasteiger charge is 2.34. The molecular formula is C17H25N5O. The van der Waals surface area contributed by atoms with Crippen LogP contribution >= 0.6 is 0 Å². The summed E-state index contributed by atoms with van der Waals surface area (Å²) in [5.74, 6) is 1.01. The lowest BCUT2D eigenvalue weighted by Gasteiger charge is -2.35. The third kappa shape index (κ3) is 2.93. The minimum atomic E-state index is 0.308. The predicted molar refractivity (Wildman–Crippen MR) is 89.9 cm³/mol. The highest BCUT2D eigenvalue weighted by Crippen LogP contribution is 2.22. The first kappa shape index (κ1) is 14.9. The SMILES string of the molecule is Cc1cc(N[C@@H]2COC[C@H]2N2CCCCC2)n2nc(C)cc2n1. The monoisotopic (exact) mass is 315 g/mol. The van der Waals surface area contributed by atoms with Crippen LogP contribution in [0.2, 0.25) is 0 Å². The summed E-state index contributed by atoms with van der Waals surface area (Å²) >= 11 is 0. The number of hydrogen-bond acceptors (Lipinski definition) is 5. The maximum Gasteiger partial charge on any atom is 0.157 e. The van der Waals surface area contributed by atoms with Crippen molar-refractivity contribution in [3.8, 4) is 0 Å². The van der Waals surface area contributed by atoms with Gasteiger partial charge < -0.3 is 10.1 Å². The number of nitrogens with zero attached hydrogens (tertiary/aromatic N) is 4. The number of fused-ring (bicyclic) bond motifs is 1. The molecule has 4 heterocycles. The molecule has 2 fully saturated rings. The Morgan fingerprint density at radius 3 is 2.74 bits per heavy atom. The smallest absolute Gasteiger partial charge is 0.157 e. The summed E-state index contributed by atoms with van der Waals surface area (Å²) in [6.07, 6.45) is 3.97. The Balaban J connectivity index is 1.59. The Morgan fingerprint density at radius 2 is 1.91 bits per heavy atom. The fraction of sp³-hybridized carbons (Fsp3) is 0.647. The first-order valence-corrected chi connectivity index (χ1v) is 8.63. The van der Waals surface area contributed by atoms with Gasteiger partial charge in [-0.05, 0) is 39.8 Å². The molecule has 2 atom stereocenters. The van der Waals surface area contributed by atoms with E-state index >= 15 is 0 Å². The molecule has 124 valence electrons. The third-order valence-corrected chi connectivity index (χ3v) is 4.92. The van der Waals surface area contributed by atoms with Crippen LogP contribution < -0.4 is 5.32 Å². The number of aryl methyl sites for hydroxylation is 2. The van der Waals surface area contributed by atoms with Gasteiger partial charge in [-0.3, -0.25) is 4.90 Å². The van der Waals surface area contributed by atoms with Crippen molar-refractivity contribution in [2.24, 2.45) is 0 Å². The minimum absolute atomic E-state index is 0.308. The molecule has 0 spiro atoms. The molecule has 0 unspecified atom stereocenters. The summed E-state index contributed by atoms with van der Waals surface area (Å²) in [6.45, 7) is 7.99. The molecule has 2 saturated heterocycles. The molecule has 0 saturated carbocycles. The molecule has 6 nitrogen and oxygen atoms in total. The van der Waals surface area contributed by atoms with E-state index in [0.29, 0.717) is 12.1 Å². The quantitative estimate of drug-likeness (QED) is 0.939. The summed E-state index contributed by atoms with van der Waals surface area (Å²) in [7, 11) is 0. The van der Waals surface area contributed by atoms with Gasteiger partial charge in [0.15, 0.2) is 5.65 Å². The van der Waals surface area contributed by atoms with Gasteiger partial charge >= 0.3 is 0 Å². The van der Waals surface area contributed by atoms with Crippen molar-refractivity contribution in [2.75, 3.05) is 31.6 Å². The number of piperidine rings is 1. The van der Waals surface area contributed by atoms with E-state index in [1.54, 1.807) is 0 Å². The second-order valence-corrected chi connectivity index (χ2v) is 6.79. The molecule has 23 heavy (non-hydrogen) atoms. The van der Waals surface area contributed by atoms with Gasteiger partial charge in [0, 0.05) is 17.8 Å². The van der Waals surface area contributed by atoms with Gasteiger partial charge in [0.1, 0.15) is 5.82 Å². The maximum absolute atomic E-state index is 5.79. The molecule has 2 aliphatic rings. The molecule has 2 aliphatic heterocycles. The Hall–Kier alpha value is -1.66. The Labute approximate surface area is 136 Å². The largest absolute Gasteiger partial charge is 0.378 e. The van der Waals surface area contributed by atoms with Crippen LogP contribution in [-0.2, 0) is 4.74 Å². The fourth-order valence-corrected chi connectivity index (χ4v) is 3.80. The highest BCUT2D eigenvalue weighted by atomic mass is 16.5. The Bertz CT molecular complexity index is 692. The average Bonchev–Trinajstić information content (AvgIpc) is 3.14. The number of anilines is 1. The molecule has 1 N–H and O–H groups in total. The van der Waals surface area contributed by atoms with Crippen LogP contribution in [0.1, 0.15) is 30.7 Å². The lowest BCUT2D eigenvalue weighted by atomic mass is 10.0. The van der Waals surface area contributed by atoms with Crippen molar-refractivity contribution >= 4 is 11.5 Å². The van der Waals surface area contributed by atoms with Crippen LogP contribution in [0.4, 0.5) is 5.82 Å². The first-order chi connectivity index (χ1) is 11.2. The number of aromatic nitrogens is 3. The number of likely N-dealkylation sites (tertiary alicyclic amines) is 1. The van der Waals surface area contributed by atoms with Gasteiger partial charge in [0.25, 0.3) is 0 Å². The molecule has 0 aromatic carbocycles. The number of nitrogens with one attached hydrogen (secondary N) is 1. The zero-order valence-corrected chi connectivity index (χ0v) is 14.0. The molecule has 4 rings (SSSR count). The van der Waals surface area contributed by atoms with Gasteiger partial charge in [-0.2, -0.15) is 9.61 Å². The average molecular weight is 315 g/mol. The van der Waals surface area contributed by atoms with E-state index in [1.807, 2.05) is 24.4 Å². The summed E-state index contributed by atoms with van der Waals surface area (Å²) in [5, 5.41) is 8.25. The summed E-state index contributed by atoms with van der Waals surface area (Å²) in [5.41, 5.74) is 2.90. The molecule has 0 aliphatic carbocycles. The second-order valence-electron chi connectivity index (χ2n) is 6.79. The van der Waals surface area contributed by atoms with Crippen LogP contribution in [-0.4, -0.2) is 57.9 Å². The van der Waals surface area contributed by atoms with Gasteiger partial charge in [-0.25, -0.2) is 4.98 Å². The molecule has 6 heteroatoms. The standard InChI is InChI=1S/C17H25N5O/c1-12-8-17(22-16(18-12)9-13(2)20-22)19-14-10-23-11-15(14)21-6-4-3-5-7-21/h8-9,14-15,19H,3-7,10-11H2,1-2H3/t14-,15-/m1/s1. The van der Waals surface area contributed by atoms with E-state index in [-0.39, 0.29) is 0 Å². The zero-order valence-electron chi connectivity index (χ0n) is 14.0. The van der Waals surface area contributed by atoms with Gasteiger partial charge in [-0.15, -0.1) is 0 Å². The van der Waals surface area contributed by atoms with Crippen molar-refractivity contribution in [3.05, 3.63) is 23.5 Å². The van der Waals surface area contributed by atoms with Gasteiger partial charge in [0.2, 0.25) is 0 Å². The maximum atomic E-state index is 5.79. The van der Waals surface area contributed by atoms with Crippen LogP contribution in [0.5, 0.6) is 0 Å². The lowest BCUT2D eigenvalue weighted by Crippen LogP contribution is -2.48. The zero-order chi connectivity index (χ0) is 15.8.